The molecule has 106 valence electrons. The lowest BCUT2D eigenvalue weighted by atomic mass is 10.2. The highest BCUT2D eigenvalue weighted by atomic mass is 19.1. The van der Waals surface area contributed by atoms with Crippen molar-refractivity contribution in [2.75, 3.05) is 19.0 Å². The molecule has 0 fully saturated rings. The molecule has 0 atom stereocenters. The number of methoxy groups -OCH3 is 1. The summed E-state index contributed by atoms with van der Waals surface area (Å²) in [6.45, 7) is 4.23. The van der Waals surface area contributed by atoms with Crippen LogP contribution in [0.25, 0.3) is 0 Å². The van der Waals surface area contributed by atoms with Crippen LogP contribution in [0.15, 0.2) is 18.2 Å². The lowest BCUT2D eigenvalue weighted by Crippen LogP contribution is -2.06. The molecule has 2 aromatic rings. The lowest BCUT2D eigenvalue weighted by molar-refractivity contribution is 0.359. The lowest BCUT2D eigenvalue weighted by Gasteiger charge is -2.08. The van der Waals surface area contributed by atoms with Crippen molar-refractivity contribution in [3.8, 4) is 17.8 Å². The van der Waals surface area contributed by atoms with Gasteiger partial charge in [0.05, 0.1) is 7.11 Å². The van der Waals surface area contributed by atoms with Crippen molar-refractivity contribution in [3.05, 3.63) is 29.6 Å². The summed E-state index contributed by atoms with van der Waals surface area (Å²) in [5.41, 5.74) is 0.541. The largest absolute Gasteiger partial charge is 0.467 e. The average molecular weight is 278 g/mol. The molecule has 0 amide bonds. The van der Waals surface area contributed by atoms with Gasteiger partial charge in [0.15, 0.2) is 0 Å². The highest BCUT2D eigenvalue weighted by Gasteiger charge is 2.09. The van der Waals surface area contributed by atoms with Crippen molar-refractivity contribution >= 4 is 5.95 Å². The third-order valence-corrected chi connectivity index (χ3v) is 2.46. The molecule has 0 saturated heterocycles. The van der Waals surface area contributed by atoms with Gasteiger partial charge in [0.2, 0.25) is 5.95 Å². The molecule has 1 aromatic carbocycles. The van der Waals surface area contributed by atoms with Crippen molar-refractivity contribution in [2.45, 2.75) is 13.8 Å². The van der Waals surface area contributed by atoms with Crippen LogP contribution in [0.3, 0.4) is 0 Å². The van der Waals surface area contributed by atoms with E-state index < -0.39 is 0 Å². The van der Waals surface area contributed by atoms with Crippen LogP contribution in [0.4, 0.5) is 10.3 Å². The first-order valence-electron chi connectivity index (χ1n) is 6.10. The Morgan fingerprint density at radius 3 is 2.60 bits per heavy atom. The van der Waals surface area contributed by atoms with Crippen molar-refractivity contribution in [3.63, 3.8) is 0 Å². The molecular weight excluding hydrogens is 263 g/mol. The van der Waals surface area contributed by atoms with Gasteiger partial charge in [-0.1, -0.05) is 6.07 Å². The van der Waals surface area contributed by atoms with Gasteiger partial charge in [-0.3, -0.25) is 0 Å². The molecule has 0 aliphatic heterocycles. The molecule has 0 saturated carbocycles. The summed E-state index contributed by atoms with van der Waals surface area (Å²) in [5.74, 6) is 0.293. The molecule has 0 bridgehead atoms. The van der Waals surface area contributed by atoms with E-state index >= 15 is 0 Å². The zero-order chi connectivity index (χ0) is 14.5. The van der Waals surface area contributed by atoms with Gasteiger partial charge < -0.3 is 14.8 Å². The van der Waals surface area contributed by atoms with Crippen LogP contribution in [-0.2, 0) is 0 Å². The molecule has 1 N–H and O–H groups in total. The fourth-order valence-corrected chi connectivity index (χ4v) is 1.45. The van der Waals surface area contributed by atoms with Gasteiger partial charge in [0.25, 0.3) is 0 Å². The Hall–Kier alpha value is -2.44. The molecule has 0 spiro atoms. The van der Waals surface area contributed by atoms with E-state index in [0.29, 0.717) is 23.8 Å². The monoisotopic (exact) mass is 278 g/mol. The Bertz CT molecular complexity index is 607. The summed E-state index contributed by atoms with van der Waals surface area (Å²) in [6, 6.07) is 4.70. The van der Waals surface area contributed by atoms with Gasteiger partial charge in [-0.25, -0.2) is 4.39 Å². The maximum absolute atomic E-state index is 13.5. The van der Waals surface area contributed by atoms with Gasteiger partial charge >= 0.3 is 12.0 Å². The summed E-state index contributed by atoms with van der Waals surface area (Å²) >= 11 is 0. The first-order valence-corrected chi connectivity index (χ1v) is 6.10. The van der Waals surface area contributed by atoms with E-state index in [1.165, 1.54) is 13.2 Å². The Morgan fingerprint density at radius 2 is 1.95 bits per heavy atom. The maximum atomic E-state index is 13.5. The van der Waals surface area contributed by atoms with E-state index in [-0.39, 0.29) is 17.8 Å². The Morgan fingerprint density at radius 1 is 1.20 bits per heavy atom. The summed E-state index contributed by atoms with van der Waals surface area (Å²) in [5, 5.41) is 2.93. The number of rotatable bonds is 5. The second-order valence-corrected chi connectivity index (χ2v) is 3.97. The second-order valence-electron chi connectivity index (χ2n) is 3.97. The topological polar surface area (TPSA) is 69.2 Å². The van der Waals surface area contributed by atoms with Crippen molar-refractivity contribution in [1.82, 2.24) is 15.0 Å². The predicted octanol–water partition coefficient (Wildman–Crippen LogP) is 2.55. The van der Waals surface area contributed by atoms with Crippen LogP contribution in [0.1, 0.15) is 12.5 Å². The number of halogens is 1. The van der Waals surface area contributed by atoms with Crippen molar-refractivity contribution in [1.29, 1.82) is 0 Å². The number of anilines is 1. The smallest absolute Gasteiger partial charge is 0.330 e. The van der Waals surface area contributed by atoms with E-state index in [9.17, 15) is 4.39 Å². The number of hydrogen-bond acceptors (Lipinski definition) is 6. The predicted molar refractivity (Wildman–Crippen MR) is 71.8 cm³/mol. The van der Waals surface area contributed by atoms with E-state index in [4.69, 9.17) is 9.47 Å². The van der Waals surface area contributed by atoms with Crippen LogP contribution >= 0.6 is 0 Å². The number of aromatic nitrogens is 3. The number of benzene rings is 1. The minimum atomic E-state index is -0.351. The van der Waals surface area contributed by atoms with E-state index in [0.717, 1.165) is 0 Å². The first kappa shape index (κ1) is 14.0. The normalized spacial score (nSPS) is 10.2. The van der Waals surface area contributed by atoms with Crippen LogP contribution in [0, 0.1) is 12.7 Å². The molecule has 7 heteroatoms. The fourth-order valence-electron chi connectivity index (χ4n) is 1.45. The van der Waals surface area contributed by atoms with Crippen LogP contribution < -0.4 is 14.8 Å². The van der Waals surface area contributed by atoms with E-state index in [2.05, 4.69) is 20.3 Å². The minimum Gasteiger partial charge on any atom is -0.467 e. The number of nitrogens with zero attached hydrogens (tertiary/aromatic N) is 3. The molecule has 1 aromatic heterocycles. The standard InChI is InChI=1S/C13H15FN4O2/c1-4-15-11-16-12(19-3)18-13(17-11)20-9-6-5-8(2)10(14)7-9/h5-7H,4H2,1-3H3,(H,15,16,17,18). The minimum absolute atomic E-state index is 0.0380. The van der Waals surface area contributed by atoms with Crippen LogP contribution in [-0.4, -0.2) is 28.6 Å². The average Bonchev–Trinajstić information content (AvgIpc) is 2.43. The number of aryl methyl sites for hydroxylation is 1. The zero-order valence-electron chi connectivity index (χ0n) is 11.5. The highest BCUT2D eigenvalue weighted by Crippen LogP contribution is 2.22. The van der Waals surface area contributed by atoms with Gasteiger partial charge in [-0.15, -0.1) is 4.98 Å². The Labute approximate surface area is 116 Å². The third-order valence-electron chi connectivity index (χ3n) is 2.46. The number of hydrogen-bond donors (Lipinski definition) is 1. The van der Waals surface area contributed by atoms with Gasteiger partial charge in [-0.2, -0.15) is 9.97 Å². The zero-order valence-corrected chi connectivity index (χ0v) is 11.5. The van der Waals surface area contributed by atoms with Crippen molar-refractivity contribution < 1.29 is 13.9 Å². The highest BCUT2D eigenvalue weighted by molar-refractivity contribution is 5.32. The van der Waals surface area contributed by atoms with Gasteiger partial charge in [0.1, 0.15) is 11.6 Å². The van der Waals surface area contributed by atoms with E-state index in [1.54, 1.807) is 19.1 Å². The molecular formula is C13H15FN4O2. The molecule has 0 radical (unpaired) electrons. The molecule has 20 heavy (non-hydrogen) atoms. The Kier molecular flexibility index (Phi) is 4.29. The molecule has 0 unspecified atom stereocenters. The van der Waals surface area contributed by atoms with E-state index in [1.807, 2.05) is 6.92 Å². The maximum Gasteiger partial charge on any atom is 0.330 e. The fraction of sp³-hybridized carbons (Fsp3) is 0.308. The van der Waals surface area contributed by atoms with Crippen LogP contribution in [0.2, 0.25) is 0 Å². The molecule has 2 rings (SSSR count). The summed E-state index contributed by atoms with van der Waals surface area (Å²) < 4.78 is 23.8. The number of nitrogens with one attached hydrogen (secondary N) is 1. The summed E-state index contributed by atoms with van der Waals surface area (Å²) in [6.07, 6.45) is 0. The SMILES string of the molecule is CCNc1nc(OC)nc(Oc2ccc(C)c(F)c2)n1. The van der Waals surface area contributed by atoms with Gasteiger partial charge in [-0.05, 0) is 25.5 Å². The Balaban J connectivity index is 2.27. The molecule has 0 aliphatic carbocycles. The first-order chi connectivity index (χ1) is 9.62. The third kappa shape index (κ3) is 3.31. The van der Waals surface area contributed by atoms with Crippen LogP contribution in [0.5, 0.6) is 17.8 Å². The number of ether oxygens (including phenoxy) is 2. The summed E-state index contributed by atoms with van der Waals surface area (Å²) in [4.78, 5) is 12.0. The molecule has 1 heterocycles. The van der Waals surface area contributed by atoms with Crippen molar-refractivity contribution in [2.24, 2.45) is 0 Å². The summed E-state index contributed by atoms with van der Waals surface area (Å²) in [7, 11) is 1.44. The molecule has 0 aliphatic rings. The molecule has 6 nitrogen and oxygen atoms in total. The van der Waals surface area contributed by atoms with Gasteiger partial charge in [0, 0.05) is 12.6 Å². The quantitative estimate of drug-likeness (QED) is 0.906. The second kappa shape index (κ2) is 6.14.